The van der Waals surface area contributed by atoms with Crippen molar-refractivity contribution in [3.63, 3.8) is 0 Å². The molecule has 3 nitrogen and oxygen atoms in total. The van der Waals surface area contributed by atoms with Gasteiger partial charge in [-0.2, -0.15) is 0 Å². The van der Waals surface area contributed by atoms with Crippen LogP contribution in [0.3, 0.4) is 0 Å². The summed E-state index contributed by atoms with van der Waals surface area (Å²) in [6, 6.07) is 75.2. The molecule has 0 aliphatic rings. The normalized spacial score (nSPS) is 11.9. The second-order valence-corrected chi connectivity index (χ2v) is 15.1. The average Bonchev–Trinajstić information content (AvgIpc) is 3.93. The van der Waals surface area contributed by atoms with Gasteiger partial charge in [-0.1, -0.05) is 133 Å². The second kappa shape index (κ2) is 12.5. The van der Waals surface area contributed by atoms with E-state index in [4.69, 9.17) is 0 Å². The standard InChI is InChI=1S/C54H35N3/c1-3-12-35(13-4-1)37-22-26-41(27-23-37)56-51-21-10-8-19-44(51)46-31-39(24-28-52(46)56)40-25-29-53-47(32-40)48-33-45-43-18-7-9-20-49(43)55-50(45)34-54(48)57(53)42-17-11-16-38(30-42)36-14-5-2-6-15-36/h1-34,55H. The summed E-state index contributed by atoms with van der Waals surface area (Å²) < 4.78 is 4.84. The molecule has 0 aliphatic carbocycles. The second-order valence-electron chi connectivity index (χ2n) is 15.1. The molecule has 0 fully saturated rings. The van der Waals surface area contributed by atoms with Crippen molar-refractivity contribution in [2.75, 3.05) is 0 Å². The van der Waals surface area contributed by atoms with Gasteiger partial charge in [0.1, 0.15) is 0 Å². The van der Waals surface area contributed by atoms with Crippen molar-refractivity contribution in [3.8, 4) is 44.8 Å². The van der Waals surface area contributed by atoms with Gasteiger partial charge in [0.25, 0.3) is 0 Å². The van der Waals surface area contributed by atoms with E-state index in [0.29, 0.717) is 0 Å². The highest BCUT2D eigenvalue weighted by Gasteiger charge is 2.18. The molecule has 0 spiro atoms. The summed E-state index contributed by atoms with van der Waals surface area (Å²) in [5.74, 6) is 0. The molecule has 0 unspecified atom stereocenters. The number of nitrogens with one attached hydrogen (secondary N) is 1. The van der Waals surface area contributed by atoms with E-state index in [0.717, 1.165) is 22.4 Å². The maximum Gasteiger partial charge on any atom is 0.0562 e. The van der Waals surface area contributed by atoms with Crippen LogP contribution in [0.25, 0.3) is 110 Å². The number of hydrogen-bond acceptors (Lipinski definition) is 0. The van der Waals surface area contributed by atoms with Gasteiger partial charge in [0.15, 0.2) is 0 Å². The Hall–Kier alpha value is -7.62. The van der Waals surface area contributed by atoms with Crippen molar-refractivity contribution in [3.05, 3.63) is 206 Å². The number of nitrogens with zero attached hydrogens (tertiary/aromatic N) is 2. The molecule has 0 aliphatic heterocycles. The molecule has 3 aromatic heterocycles. The fourth-order valence-electron chi connectivity index (χ4n) is 9.14. The van der Waals surface area contributed by atoms with E-state index >= 15 is 0 Å². The minimum Gasteiger partial charge on any atom is -0.354 e. The number of fused-ring (bicyclic) bond motifs is 9. The maximum atomic E-state index is 3.71. The van der Waals surface area contributed by atoms with Crippen LogP contribution in [0.1, 0.15) is 0 Å². The lowest BCUT2D eigenvalue weighted by atomic mass is 10.00. The predicted octanol–water partition coefficient (Wildman–Crippen LogP) is 14.5. The lowest BCUT2D eigenvalue weighted by Gasteiger charge is -2.11. The summed E-state index contributed by atoms with van der Waals surface area (Å²) in [6.07, 6.45) is 0. The maximum absolute atomic E-state index is 3.71. The summed E-state index contributed by atoms with van der Waals surface area (Å²) in [4.78, 5) is 3.71. The van der Waals surface area contributed by atoms with E-state index in [1.165, 1.54) is 87.8 Å². The van der Waals surface area contributed by atoms with Crippen molar-refractivity contribution in [1.29, 1.82) is 0 Å². The molecule has 12 rings (SSSR count). The predicted molar refractivity (Wildman–Crippen MR) is 241 cm³/mol. The van der Waals surface area contributed by atoms with Gasteiger partial charge in [0.05, 0.1) is 22.1 Å². The molecule has 266 valence electrons. The smallest absolute Gasteiger partial charge is 0.0562 e. The third-order valence-electron chi connectivity index (χ3n) is 11.8. The highest BCUT2D eigenvalue weighted by molar-refractivity contribution is 6.19. The zero-order valence-electron chi connectivity index (χ0n) is 31.0. The molecule has 1 N–H and O–H groups in total. The monoisotopic (exact) mass is 725 g/mol. The highest BCUT2D eigenvalue weighted by Crippen LogP contribution is 2.41. The van der Waals surface area contributed by atoms with Gasteiger partial charge >= 0.3 is 0 Å². The van der Waals surface area contributed by atoms with E-state index in [2.05, 4.69) is 220 Å². The molecular formula is C54H35N3. The van der Waals surface area contributed by atoms with E-state index in [-0.39, 0.29) is 0 Å². The van der Waals surface area contributed by atoms with Gasteiger partial charge < -0.3 is 14.1 Å². The fourth-order valence-corrected chi connectivity index (χ4v) is 9.14. The summed E-state index contributed by atoms with van der Waals surface area (Å²) in [6.45, 7) is 0. The quantitative estimate of drug-likeness (QED) is 0.183. The number of aromatic amines is 1. The summed E-state index contributed by atoms with van der Waals surface area (Å²) >= 11 is 0. The van der Waals surface area contributed by atoms with Crippen LogP contribution in [0, 0.1) is 0 Å². The lowest BCUT2D eigenvalue weighted by molar-refractivity contribution is 1.18. The molecule has 12 aromatic rings. The Balaban J connectivity index is 1.05. The summed E-state index contributed by atoms with van der Waals surface area (Å²) in [5.41, 5.74) is 16.6. The Morgan fingerprint density at radius 3 is 1.49 bits per heavy atom. The number of hydrogen-bond donors (Lipinski definition) is 1. The van der Waals surface area contributed by atoms with Crippen LogP contribution in [0.2, 0.25) is 0 Å². The highest BCUT2D eigenvalue weighted by atomic mass is 15.0. The zero-order valence-corrected chi connectivity index (χ0v) is 31.0. The summed E-state index contributed by atoms with van der Waals surface area (Å²) in [5, 5.41) is 7.46. The first-order chi connectivity index (χ1) is 28.2. The van der Waals surface area contributed by atoms with E-state index in [1.807, 2.05) is 0 Å². The molecule has 0 amide bonds. The number of benzene rings is 9. The minimum atomic E-state index is 1.14. The van der Waals surface area contributed by atoms with E-state index in [1.54, 1.807) is 0 Å². The molecule has 9 aromatic carbocycles. The van der Waals surface area contributed by atoms with Gasteiger partial charge in [-0.05, 0) is 106 Å². The first-order valence-electron chi connectivity index (χ1n) is 19.6. The first kappa shape index (κ1) is 31.7. The zero-order chi connectivity index (χ0) is 37.5. The first-order valence-corrected chi connectivity index (χ1v) is 19.6. The molecule has 0 saturated heterocycles. The van der Waals surface area contributed by atoms with Gasteiger partial charge in [-0.25, -0.2) is 0 Å². The Bertz CT molecular complexity index is 3490. The Morgan fingerprint density at radius 1 is 0.246 bits per heavy atom. The average molecular weight is 726 g/mol. The van der Waals surface area contributed by atoms with Crippen LogP contribution in [0.5, 0.6) is 0 Å². The molecule has 3 heterocycles. The van der Waals surface area contributed by atoms with Crippen molar-refractivity contribution >= 4 is 65.4 Å². The van der Waals surface area contributed by atoms with E-state index in [9.17, 15) is 0 Å². The Kier molecular flexibility index (Phi) is 6.93. The molecule has 0 atom stereocenters. The van der Waals surface area contributed by atoms with Gasteiger partial charge in [-0.3, -0.25) is 0 Å². The van der Waals surface area contributed by atoms with Crippen LogP contribution >= 0.6 is 0 Å². The Morgan fingerprint density at radius 2 is 0.754 bits per heavy atom. The Labute approximate surface area is 329 Å². The number of para-hydroxylation sites is 2. The van der Waals surface area contributed by atoms with Crippen LogP contribution < -0.4 is 0 Å². The van der Waals surface area contributed by atoms with Crippen LogP contribution in [-0.4, -0.2) is 14.1 Å². The van der Waals surface area contributed by atoms with Crippen LogP contribution in [0.4, 0.5) is 0 Å². The fraction of sp³-hybridized carbons (Fsp3) is 0. The van der Waals surface area contributed by atoms with Gasteiger partial charge in [0, 0.05) is 54.7 Å². The van der Waals surface area contributed by atoms with Crippen molar-refractivity contribution in [2.45, 2.75) is 0 Å². The number of H-pyrrole nitrogens is 1. The molecule has 0 radical (unpaired) electrons. The molecular weight excluding hydrogens is 691 g/mol. The van der Waals surface area contributed by atoms with Gasteiger partial charge in [0.2, 0.25) is 0 Å². The largest absolute Gasteiger partial charge is 0.354 e. The molecule has 0 bridgehead atoms. The summed E-state index contributed by atoms with van der Waals surface area (Å²) in [7, 11) is 0. The lowest BCUT2D eigenvalue weighted by Crippen LogP contribution is -1.94. The number of aromatic nitrogens is 3. The van der Waals surface area contributed by atoms with E-state index < -0.39 is 0 Å². The third kappa shape index (κ3) is 4.99. The topological polar surface area (TPSA) is 25.6 Å². The third-order valence-corrected chi connectivity index (χ3v) is 11.8. The SMILES string of the molecule is c1ccc(-c2ccc(-n3c4ccccc4c4cc(-c5ccc6c(c5)c5cc7c(cc5n6-c5cccc(-c6ccccc6)c5)[nH]c5ccccc57)ccc43)cc2)cc1. The number of rotatable bonds is 5. The van der Waals surface area contributed by atoms with Crippen molar-refractivity contribution < 1.29 is 0 Å². The minimum absolute atomic E-state index is 1.14. The van der Waals surface area contributed by atoms with Crippen LogP contribution in [0.15, 0.2) is 206 Å². The van der Waals surface area contributed by atoms with Crippen LogP contribution in [-0.2, 0) is 0 Å². The van der Waals surface area contributed by atoms with Gasteiger partial charge in [-0.15, -0.1) is 0 Å². The molecule has 0 saturated carbocycles. The molecule has 57 heavy (non-hydrogen) atoms. The van der Waals surface area contributed by atoms with Crippen molar-refractivity contribution in [2.24, 2.45) is 0 Å². The molecule has 3 heteroatoms. The van der Waals surface area contributed by atoms with Crippen molar-refractivity contribution in [1.82, 2.24) is 14.1 Å².